The number of ether oxygens (including phenoxy) is 1. The van der Waals surface area contributed by atoms with Crippen molar-refractivity contribution in [1.29, 1.82) is 0 Å². The average Bonchev–Trinajstić information content (AvgIpc) is 2.82. The van der Waals surface area contributed by atoms with Crippen LogP contribution in [0.25, 0.3) is 0 Å². The van der Waals surface area contributed by atoms with Crippen LogP contribution >= 0.6 is 0 Å². The van der Waals surface area contributed by atoms with E-state index in [4.69, 9.17) is 14.0 Å². The molecule has 1 aliphatic heterocycles. The lowest BCUT2D eigenvalue weighted by atomic mass is 9.80. The fraction of sp³-hybridized carbons (Fsp3) is 0.389. The Morgan fingerprint density at radius 2 is 1.79 bits per heavy atom. The molecule has 150 valence electrons. The van der Waals surface area contributed by atoms with Gasteiger partial charge >= 0.3 is 7.12 Å². The van der Waals surface area contributed by atoms with Crippen molar-refractivity contribution in [3.05, 3.63) is 42.3 Å². The molecule has 2 heterocycles. The number of sulfonamides is 1. The zero-order valence-corrected chi connectivity index (χ0v) is 17.1. The number of aromatic nitrogens is 1. The maximum Gasteiger partial charge on any atom is 0.496 e. The third-order valence-corrected chi connectivity index (χ3v) is 6.30. The summed E-state index contributed by atoms with van der Waals surface area (Å²) in [7, 11) is -3.40. The van der Waals surface area contributed by atoms with Crippen LogP contribution < -0.4 is 14.9 Å². The average molecular weight is 408 g/mol. The number of anilines is 1. The number of hydrogen-bond donors (Lipinski definition) is 1. The Hall–Kier alpha value is -2.17. The molecule has 0 saturated carbocycles. The summed E-state index contributed by atoms with van der Waals surface area (Å²) in [6.07, 6.45) is 1.50. The second kappa shape index (κ2) is 7.02. The van der Waals surface area contributed by atoms with E-state index in [-0.39, 0.29) is 16.5 Å². The highest BCUT2D eigenvalue weighted by Crippen LogP contribution is 2.37. The van der Waals surface area contributed by atoms with Crippen LogP contribution in [0, 0.1) is 5.82 Å². The molecule has 0 bridgehead atoms. The van der Waals surface area contributed by atoms with Gasteiger partial charge in [0.25, 0.3) is 10.0 Å². The number of nitrogens with one attached hydrogen (secondary N) is 1. The van der Waals surface area contributed by atoms with Gasteiger partial charge in [-0.1, -0.05) is 6.07 Å². The first-order valence-corrected chi connectivity index (χ1v) is 10.1. The van der Waals surface area contributed by atoms with Crippen molar-refractivity contribution in [1.82, 2.24) is 4.98 Å². The van der Waals surface area contributed by atoms with Crippen LogP contribution in [0.5, 0.6) is 5.88 Å². The van der Waals surface area contributed by atoms with Gasteiger partial charge in [0.2, 0.25) is 5.88 Å². The summed E-state index contributed by atoms with van der Waals surface area (Å²) in [5.74, 6) is -0.584. The van der Waals surface area contributed by atoms with Gasteiger partial charge in [-0.25, -0.2) is 17.8 Å². The van der Waals surface area contributed by atoms with E-state index in [1.165, 1.54) is 37.6 Å². The van der Waals surface area contributed by atoms with Crippen LogP contribution in [0.15, 0.2) is 41.4 Å². The molecule has 0 amide bonds. The molecule has 10 heteroatoms. The van der Waals surface area contributed by atoms with E-state index in [9.17, 15) is 12.8 Å². The van der Waals surface area contributed by atoms with E-state index in [0.717, 1.165) is 6.07 Å². The summed E-state index contributed by atoms with van der Waals surface area (Å²) in [4.78, 5) is 3.94. The molecule has 0 spiro atoms. The molecule has 2 aromatic rings. The fourth-order valence-corrected chi connectivity index (χ4v) is 3.73. The van der Waals surface area contributed by atoms with Crippen LogP contribution in [-0.4, -0.2) is 38.8 Å². The molecule has 0 unspecified atom stereocenters. The highest BCUT2D eigenvalue weighted by molar-refractivity contribution is 7.92. The van der Waals surface area contributed by atoms with Gasteiger partial charge in [0.15, 0.2) is 0 Å². The molecule has 1 N–H and O–H groups in total. The van der Waals surface area contributed by atoms with Gasteiger partial charge in [-0.05, 0) is 52.0 Å². The van der Waals surface area contributed by atoms with Gasteiger partial charge in [-0.2, -0.15) is 0 Å². The molecule has 28 heavy (non-hydrogen) atoms. The predicted molar refractivity (Wildman–Crippen MR) is 104 cm³/mol. The van der Waals surface area contributed by atoms with Gasteiger partial charge in [0.05, 0.1) is 23.2 Å². The fourth-order valence-electron chi connectivity index (χ4n) is 2.65. The molecular formula is C18H22BFN2O5S. The van der Waals surface area contributed by atoms with Crippen molar-refractivity contribution >= 4 is 28.3 Å². The minimum atomic E-state index is -4.05. The van der Waals surface area contributed by atoms with Crippen molar-refractivity contribution in [2.45, 2.75) is 43.8 Å². The number of rotatable bonds is 5. The normalized spacial score (nSPS) is 18.1. The zero-order chi connectivity index (χ0) is 20.7. The second-order valence-corrected chi connectivity index (χ2v) is 9.16. The number of nitrogens with zero attached hydrogens (tertiary/aromatic N) is 1. The Morgan fingerprint density at radius 3 is 2.36 bits per heavy atom. The highest BCUT2D eigenvalue weighted by atomic mass is 32.2. The van der Waals surface area contributed by atoms with Crippen LogP contribution in [0.2, 0.25) is 0 Å². The zero-order valence-electron chi connectivity index (χ0n) is 16.3. The van der Waals surface area contributed by atoms with E-state index in [1.807, 2.05) is 27.7 Å². The third-order valence-electron chi connectivity index (χ3n) is 4.94. The molecule has 0 aliphatic carbocycles. The Kier molecular flexibility index (Phi) is 5.16. The minimum absolute atomic E-state index is 0.0697. The first-order valence-electron chi connectivity index (χ1n) is 8.63. The molecule has 0 atom stereocenters. The number of halogens is 1. The van der Waals surface area contributed by atoms with Crippen LogP contribution in [0.1, 0.15) is 27.7 Å². The lowest BCUT2D eigenvalue weighted by molar-refractivity contribution is 0.00578. The van der Waals surface area contributed by atoms with E-state index in [2.05, 4.69) is 9.71 Å². The summed E-state index contributed by atoms with van der Waals surface area (Å²) in [6, 6.07) is 6.24. The highest BCUT2D eigenvalue weighted by Gasteiger charge is 2.52. The minimum Gasteiger partial charge on any atom is -0.480 e. The maximum atomic E-state index is 13.4. The monoisotopic (exact) mass is 408 g/mol. The van der Waals surface area contributed by atoms with Crippen LogP contribution in [0.3, 0.4) is 0 Å². The lowest BCUT2D eigenvalue weighted by Crippen LogP contribution is -2.41. The van der Waals surface area contributed by atoms with Gasteiger partial charge < -0.3 is 14.0 Å². The second-order valence-electron chi connectivity index (χ2n) is 7.48. The first-order chi connectivity index (χ1) is 12.9. The summed E-state index contributed by atoms with van der Waals surface area (Å²) < 4.78 is 58.2. The summed E-state index contributed by atoms with van der Waals surface area (Å²) in [5, 5.41) is 0. The van der Waals surface area contributed by atoms with Crippen molar-refractivity contribution in [3.63, 3.8) is 0 Å². The van der Waals surface area contributed by atoms with Gasteiger partial charge in [-0.3, -0.25) is 4.72 Å². The SMILES string of the molecule is COc1ncc(B2OC(C)(C)C(C)(C)O2)cc1NS(=O)(=O)c1cccc(F)c1. The molecule has 7 nitrogen and oxygen atoms in total. The summed E-state index contributed by atoms with van der Waals surface area (Å²) >= 11 is 0. The van der Waals surface area contributed by atoms with Gasteiger partial charge in [-0.15, -0.1) is 0 Å². The quantitative estimate of drug-likeness (QED) is 0.765. The van der Waals surface area contributed by atoms with Gasteiger partial charge in [0.1, 0.15) is 11.5 Å². The van der Waals surface area contributed by atoms with E-state index in [1.54, 1.807) is 0 Å². The Labute approximate surface area is 164 Å². The Bertz CT molecular complexity index is 981. The number of hydrogen-bond acceptors (Lipinski definition) is 6. The third kappa shape index (κ3) is 3.85. The van der Waals surface area contributed by atoms with E-state index in [0.29, 0.717) is 5.46 Å². The molecule has 0 radical (unpaired) electrons. The van der Waals surface area contributed by atoms with Crippen molar-refractivity contribution in [3.8, 4) is 5.88 Å². The van der Waals surface area contributed by atoms with Crippen LogP contribution in [0.4, 0.5) is 10.1 Å². The van der Waals surface area contributed by atoms with E-state index >= 15 is 0 Å². The molecular weight excluding hydrogens is 386 g/mol. The maximum absolute atomic E-state index is 13.4. The summed E-state index contributed by atoms with van der Waals surface area (Å²) in [5.41, 5.74) is -0.493. The number of benzene rings is 1. The van der Waals surface area contributed by atoms with E-state index < -0.39 is 34.2 Å². The van der Waals surface area contributed by atoms with Gasteiger partial charge in [0, 0.05) is 11.7 Å². The number of pyridine rings is 1. The first kappa shape index (κ1) is 20.6. The number of methoxy groups -OCH3 is 1. The molecule has 3 rings (SSSR count). The standard InChI is InChI=1S/C18H22BFN2O5S/c1-17(2)18(3,4)27-19(26-17)12-9-15(16(25-5)21-11-12)22-28(23,24)14-8-6-7-13(20)10-14/h6-11,22H,1-5H3. The molecule has 1 aromatic carbocycles. The Morgan fingerprint density at radius 1 is 1.14 bits per heavy atom. The van der Waals surface area contributed by atoms with Crippen LogP contribution in [-0.2, 0) is 19.3 Å². The largest absolute Gasteiger partial charge is 0.496 e. The smallest absolute Gasteiger partial charge is 0.480 e. The topological polar surface area (TPSA) is 86.8 Å². The van der Waals surface area contributed by atoms with Crippen molar-refractivity contribution in [2.75, 3.05) is 11.8 Å². The lowest BCUT2D eigenvalue weighted by Gasteiger charge is -2.32. The van der Waals surface area contributed by atoms with Crippen molar-refractivity contribution in [2.24, 2.45) is 0 Å². The molecule has 1 aromatic heterocycles. The van der Waals surface area contributed by atoms with Crippen molar-refractivity contribution < 1.29 is 26.9 Å². The predicted octanol–water partition coefficient (Wildman–Crippen LogP) is 2.33. The summed E-state index contributed by atoms with van der Waals surface area (Å²) in [6.45, 7) is 7.66. The Balaban J connectivity index is 1.95. The molecule has 1 fully saturated rings. The molecule has 1 aliphatic rings. The molecule has 1 saturated heterocycles.